The molecule has 2 aliphatic heterocycles. The van der Waals surface area contributed by atoms with Gasteiger partial charge in [0.05, 0.1) is 6.54 Å². The largest absolute Gasteiger partial charge is 0.311 e. The SMILES string of the molecule is CCC1CN(CC(=O)N2CCCC2=O)C(CC)CN1. The number of hydrogen-bond donors (Lipinski definition) is 1. The summed E-state index contributed by atoms with van der Waals surface area (Å²) < 4.78 is 0. The second kappa shape index (κ2) is 6.48. The summed E-state index contributed by atoms with van der Waals surface area (Å²) in [6.45, 7) is 7.16. The highest BCUT2D eigenvalue weighted by molar-refractivity contribution is 5.97. The van der Waals surface area contributed by atoms with Gasteiger partial charge in [-0.2, -0.15) is 0 Å². The van der Waals surface area contributed by atoms with Crippen molar-refractivity contribution in [2.75, 3.05) is 26.2 Å². The summed E-state index contributed by atoms with van der Waals surface area (Å²) in [7, 11) is 0. The van der Waals surface area contributed by atoms with Crippen LogP contribution in [-0.4, -0.2) is 59.9 Å². The second-order valence-electron chi connectivity index (χ2n) is 5.55. The lowest BCUT2D eigenvalue weighted by atomic mass is 10.1. The van der Waals surface area contributed by atoms with Crippen LogP contribution in [0.2, 0.25) is 0 Å². The first-order valence-corrected chi connectivity index (χ1v) is 7.46. The van der Waals surface area contributed by atoms with Crippen molar-refractivity contribution in [3.8, 4) is 0 Å². The van der Waals surface area contributed by atoms with Gasteiger partial charge in [0.15, 0.2) is 0 Å². The second-order valence-corrected chi connectivity index (χ2v) is 5.55. The van der Waals surface area contributed by atoms with Gasteiger partial charge in [-0.15, -0.1) is 0 Å². The average molecular weight is 267 g/mol. The van der Waals surface area contributed by atoms with Gasteiger partial charge in [0.2, 0.25) is 11.8 Å². The monoisotopic (exact) mass is 267 g/mol. The van der Waals surface area contributed by atoms with Crippen molar-refractivity contribution in [3.05, 3.63) is 0 Å². The highest BCUT2D eigenvalue weighted by Gasteiger charge is 2.31. The van der Waals surface area contributed by atoms with Gasteiger partial charge < -0.3 is 5.32 Å². The molecule has 2 rings (SSSR count). The Morgan fingerprint density at radius 3 is 2.74 bits per heavy atom. The van der Waals surface area contributed by atoms with E-state index in [2.05, 4.69) is 24.1 Å². The zero-order valence-corrected chi connectivity index (χ0v) is 12.0. The highest BCUT2D eigenvalue weighted by Crippen LogP contribution is 2.15. The van der Waals surface area contributed by atoms with E-state index >= 15 is 0 Å². The third-order valence-electron chi connectivity index (χ3n) is 4.29. The Labute approximate surface area is 115 Å². The van der Waals surface area contributed by atoms with Gasteiger partial charge >= 0.3 is 0 Å². The van der Waals surface area contributed by atoms with E-state index in [1.165, 1.54) is 4.90 Å². The van der Waals surface area contributed by atoms with Gasteiger partial charge in [-0.3, -0.25) is 19.4 Å². The molecule has 0 aliphatic carbocycles. The predicted molar refractivity (Wildman–Crippen MR) is 73.7 cm³/mol. The molecule has 5 heteroatoms. The van der Waals surface area contributed by atoms with Crippen molar-refractivity contribution in [2.45, 2.75) is 51.6 Å². The number of rotatable bonds is 4. The number of nitrogens with one attached hydrogen (secondary N) is 1. The van der Waals surface area contributed by atoms with Crippen LogP contribution >= 0.6 is 0 Å². The fourth-order valence-electron chi connectivity index (χ4n) is 2.97. The Bertz CT molecular complexity index is 346. The van der Waals surface area contributed by atoms with Gasteiger partial charge in [-0.25, -0.2) is 0 Å². The lowest BCUT2D eigenvalue weighted by Gasteiger charge is -2.39. The minimum Gasteiger partial charge on any atom is -0.311 e. The van der Waals surface area contributed by atoms with Crippen molar-refractivity contribution in [2.24, 2.45) is 0 Å². The molecule has 2 atom stereocenters. The van der Waals surface area contributed by atoms with Crippen molar-refractivity contribution in [1.82, 2.24) is 15.1 Å². The Morgan fingerprint density at radius 1 is 1.37 bits per heavy atom. The molecule has 0 saturated carbocycles. The van der Waals surface area contributed by atoms with Gasteiger partial charge in [0.25, 0.3) is 0 Å². The quantitative estimate of drug-likeness (QED) is 0.810. The zero-order valence-electron chi connectivity index (χ0n) is 12.0. The van der Waals surface area contributed by atoms with Crippen LogP contribution in [0.15, 0.2) is 0 Å². The number of piperazine rings is 1. The normalized spacial score (nSPS) is 28.9. The van der Waals surface area contributed by atoms with E-state index in [0.717, 1.165) is 32.4 Å². The summed E-state index contributed by atoms with van der Waals surface area (Å²) in [5.41, 5.74) is 0. The first-order chi connectivity index (χ1) is 9.15. The number of carbonyl (C=O) groups is 2. The number of likely N-dealkylation sites (tertiary alicyclic amines) is 1. The standard InChI is InChI=1S/C14H25N3O2/c1-3-11-9-16(12(4-2)8-15-11)10-14(19)17-7-5-6-13(17)18/h11-12,15H,3-10H2,1-2H3. The molecule has 108 valence electrons. The number of carbonyl (C=O) groups excluding carboxylic acids is 2. The smallest absolute Gasteiger partial charge is 0.243 e. The van der Waals surface area contributed by atoms with Crippen LogP contribution in [0.4, 0.5) is 0 Å². The van der Waals surface area contributed by atoms with Crippen LogP contribution in [0.5, 0.6) is 0 Å². The molecule has 0 bridgehead atoms. The Hall–Kier alpha value is -0.940. The first kappa shape index (κ1) is 14.5. The number of hydrogen-bond acceptors (Lipinski definition) is 4. The summed E-state index contributed by atoms with van der Waals surface area (Å²) in [5.74, 6) is -0.0158. The molecule has 1 N–H and O–H groups in total. The summed E-state index contributed by atoms with van der Waals surface area (Å²) in [6, 6.07) is 0.870. The third-order valence-corrected chi connectivity index (χ3v) is 4.29. The molecule has 2 heterocycles. The molecular formula is C14H25N3O2. The van der Waals surface area contributed by atoms with Crippen LogP contribution in [0.3, 0.4) is 0 Å². The molecule has 0 spiro atoms. The maximum Gasteiger partial charge on any atom is 0.243 e. The highest BCUT2D eigenvalue weighted by atomic mass is 16.2. The third kappa shape index (κ3) is 3.34. The lowest BCUT2D eigenvalue weighted by Crippen LogP contribution is -2.58. The minimum atomic E-state index is -0.0160. The molecule has 2 saturated heterocycles. The number of amides is 2. The topological polar surface area (TPSA) is 52.7 Å². The predicted octanol–water partition coefficient (Wildman–Crippen LogP) is 0.598. The van der Waals surface area contributed by atoms with E-state index in [-0.39, 0.29) is 11.8 Å². The lowest BCUT2D eigenvalue weighted by molar-refractivity contribution is -0.143. The summed E-state index contributed by atoms with van der Waals surface area (Å²) in [6.07, 6.45) is 3.46. The van der Waals surface area contributed by atoms with E-state index in [1.807, 2.05) is 0 Å². The molecule has 0 aromatic rings. The van der Waals surface area contributed by atoms with Crippen molar-refractivity contribution in [3.63, 3.8) is 0 Å². The summed E-state index contributed by atoms with van der Waals surface area (Å²) in [4.78, 5) is 27.5. The van der Waals surface area contributed by atoms with Gasteiger partial charge in [-0.05, 0) is 19.3 Å². The van der Waals surface area contributed by atoms with Gasteiger partial charge in [0, 0.05) is 38.1 Å². The molecule has 19 heavy (non-hydrogen) atoms. The average Bonchev–Trinajstić information content (AvgIpc) is 2.85. The maximum atomic E-state index is 12.2. The van der Waals surface area contributed by atoms with E-state index < -0.39 is 0 Å². The Morgan fingerprint density at radius 2 is 2.16 bits per heavy atom. The molecule has 2 fully saturated rings. The van der Waals surface area contributed by atoms with Crippen LogP contribution in [0.25, 0.3) is 0 Å². The van der Waals surface area contributed by atoms with Crippen LogP contribution in [0, 0.1) is 0 Å². The van der Waals surface area contributed by atoms with E-state index in [1.54, 1.807) is 0 Å². The van der Waals surface area contributed by atoms with Crippen LogP contribution in [-0.2, 0) is 9.59 Å². The zero-order chi connectivity index (χ0) is 13.8. The number of imide groups is 1. The fourth-order valence-corrected chi connectivity index (χ4v) is 2.97. The minimum absolute atomic E-state index is 0.000208. The first-order valence-electron chi connectivity index (χ1n) is 7.46. The maximum absolute atomic E-state index is 12.2. The van der Waals surface area contributed by atoms with E-state index in [9.17, 15) is 9.59 Å². The van der Waals surface area contributed by atoms with Crippen molar-refractivity contribution in [1.29, 1.82) is 0 Å². The molecule has 0 aromatic heterocycles. The summed E-state index contributed by atoms with van der Waals surface area (Å²) >= 11 is 0. The number of nitrogens with zero attached hydrogens (tertiary/aromatic N) is 2. The molecule has 5 nitrogen and oxygen atoms in total. The van der Waals surface area contributed by atoms with Crippen LogP contribution < -0.4 is 5.32 Å². The molecular weight excluding hydrogens is 242 g/mol. The fraction of sp³-hybridized carbons (Fsp3) is 0.857. The van der Waals surface area contributed by atoms with Crippen molar-refractivity contribution < 1.29 is 9.59 Å². The van der Waals surface area contributed by atoms with E-state index in [0.29, 0.717) is 31.6 Å². The molecule has 0 aromatic carbocycles. The molecule has 2 unspecified atom stereocenters. The van der Waals surface area contributed by atoms with Crippen molar-refractivity contribution >= 4 is 11.8 Å². The Balaban J connectivity index is 1.94. The molecule has 2 aliphatic rings. The van der Waals surface area contributed by atoms with Gasteiger partial charge in [-0.1, -0.05) is 13.8 Å². The molecule has 0 radical (unpaired) electrons. The van der Waals surface area contributed by atoms with Crippen LogP contribution in [0.1, 0.15) is 39.5 Å². The van der Waals surface area contributed by atoms with Gasteiger partial charge in [0.1, 0.15) is 0 Å². The molecule has 2 amide bonds. The summed E-state index contributed by atoms with van der Waals surface area (Å²) in [5, 5.41) is 3.52. The Kier molecular flexibility index (Phi) is 4.93. The van der Waals surface area contributed by atoms with E-state index in [4.69, 9.17) is 0 Å².